The number of hydrogen-bond acceptors (Lipinski definition) is 4. The fraction of sp³-hybridized carbons (Fsp3) is 0.464. The third kappa shape index (κ3) is 3.32. The van der Waals surface area contributed by atoms with Gasteiger partial charge in [0.1, 0.15) is 18.0 Å². The van der Waals surface area contributed by atoms with Crippen LogP contribution >= 0.6 is 0 Å². The number of benzene rings is 2. The first-order chi connectivity index (χ1) is 17.2. The third-order valence-corrected chi connectivity index (χ3v) is 8.36. The monoisotopic (exact) mass is 471 g/mol. The lowest BCUT2D eigenvalue weighted by Gasteiger charge is -2.39. The third-order valence-electron chi connectivity index (χ3n) is 8.36. The SMILES string of the molecule is N[C@@H]1CCCN(C(=O)N2c3cccc4c3N(CCO4)[C@H]2c2cc3ccccc3n2CC2CCC2)C1. The van der Waals surface area contributed by atoms with Crippen molar-refractivity contribution >= 4 is 28.3 Å². The number of anilines is 2. The molecule has 2 N–H and O–H groups in total. The van der Waals surface area contributed by atoms with Crippen molar-refractivity contribution in [1.82, 2.24) is 9.47 Å². The Hall–Kier alpha value is -3.19. The van der Waals surface area contributed by atoms with Gasteiger partial charge in [-0.1, -0.05) is 30.7 Å². The van der Waals surface area contributed by atoms with Gasteiger partial charge in [-0.3, -0.25) is 4.90 Å². The Balaban J connectivity index is 1.39. The Bertz CT molecular complexity index is 1280. The van der Waals surface area contributed by atoms with E-state index < -0.39 is 0 Å². The Labute approximate surface area is 206 Å². The molecule has 3 aromatic rings. The summed E-state index contributed by atoms with van der Waals surface area (Å²) in [7, 11) is 0. The van der Waals surface area contributed by atoms with Gasteiger partial charge in [-0.15, -0.1) is 0 Å². The van der Waals surface area contributed by atoms with Crippen LogP contribution < -0.4 is 20.3 Å². The van der Waals surface area contributed by atoms with Gasteiger partial charge < -0.3 is 24.8 Å². The summed E-state index contributed by atoms with van der Waals surface area (Å²) in [5.41, 5.74) is 10.7. The molecule has 2 amide bonds. The number of fused-ring (bicyclic) bond motifs is 1. The van der Waals surface area contributed by atoms with Gasteiger partial charge in [0.15, 0.2) is 6.17 Å². The number of rotatable bonds is 3. The number of nitrogens with two attached hydrogens (primary N) is 1. The molecule has 3 aliphatic heterocycles. The van der Waals surface area contributed by atoms with E-state index in [0.717, 1.165) is 49.6 Å². The zero-order chi connectivity index (χ0) is 23.5. The molecule has 2 atom stereocenters. The molecule has 0 bridgehead atoms. The van der Waals surface area contributed by atoms with Crippen LogP contribution in [0.15, 0.2) is 48.5 Å². The van der Waals surface area contributed by atoms with E-state index in [-0.39, 0.29) is 18.2 Å². The fourth-order valence-electron chi connectivity index (χ4n) is 6.41. The number of likely N-dealkylation sites (tertiary alicyclic amines) is 1. The van der Waals surface area contributed by atoms with Gasteiger partial charge >= 0.3 is 6.03 Å². The van der Waals surface area contributed by atoms with E-state index in [1.54, 1.807) is 0 Å². The molecule has 1 aliphatic carbocycles. The predicted octanol–water partition coefficient (Wildman–Crippen LogP) is 4.70. The normalized spacial score (nSPS) is 23.9. The van der Waals surface area contributed by atoms with Crippen LogP contribution in [-0.2, 0) is 6.54 Å². The highest BCUT2D eigenvalue weighted by atomic mass is 16.5. The number of hydrogen-bond donors (Lipinski definition) is 1. The Kier molecular flexibility index (Phi) is 4.94. The largest absolute Gasteiger partial charge is 0.489 e. The van der Waals surface area contributed by atoms with Crippen LogP contribution in [0.5, 0.6) is 5.75 Å². The van der Waals surface area contributed by atoms with Crippen molar-refractivity contribution in [1.29, 1.82) is 0 Å². The summed E-state index contributed by atoms with van der Waals surface area (Å²) in [6.07, 6.45) is 5.62. The average molecular weight is 472 g/mol. The van der Waals surface area contributed by atoms with E-state index in [1.807, 2.05) is 21.9 Å². The van der Waals surface area contributed by atoms with Gasteiger partial charge in [0.25, 0.3) is 0 Å². The van der Waals surface area contributed by atoms with Crippen molar-refractivity contribution in [3.05, 3.63) is 54.2 Å². The molecule has 1 aromatic heterocycles. The Morgan fingerprint density at radius 1 is 1.03 bits per heavy atom. The second kappa shape index (κ2) is 8.19. The molecule has 2 fully saturated rings. The maximum atomic E-state index is 14.2. The second-order valence-electron chi connectivity index (χ2n) is 10.6. The van der Waals surface area contributed by atoms with E-state index in [0.29, 0.717) is 19.1 Å². The number of aromatic nitrogens is 1. The fourth-order valence-corrected chi connectivity index (χ4v) is 6.41. The number of carbonyl (C=O) groups excluding carboxylic acids is 1. The van der Waals surface area contributed by atoms with E-state index >= 15 is 0 Å². The van der Waals surface area contributed by atoms with Crippen molar-refractivity contribution < 1.29 is 9.53 Å². The summed E-state index contributed by atoms with van der Waals surface area (Å²) in [5, 5.41) is 1.23. The molecule has 7 heteroatoms. The van der Waals surface area contributed by atoms with Gasteiger partial charge in [-0.05, 0) is 55.9 Å². The summed E-state index contributed by atoms with van der Waals surface area (Å²) in [6.45, 7) is 3.74. The molecule has 35 heavy (non-hydrogen) atoms. The number of piperidine rings is 1. The number of nitrogens with zero attached hydrogens (tertiary/aromatic N) is 4. The van der Waals surface area contributed by atoms with E-state index in [9.17, 15) is 4.79 Å². The molecule has 7 nitrogen and oxygen atoms in total. The number of ether oxygens (including phenoxy) is 1. The standard InChI is InChI=1S/C28H33N5O2/c29-21-9-5-13-30(18-21)28(34)33-23-11-4-12-25-26(23)31(14-15-35-25)27(33)24-16-20-8-1-2-10-22(20)32(24)17-19-6-3-7-19/h1-2,4,8,10-12,16,19,21,27H,3,5-7,9,13-15,17-18,29H2/t21-,27-/m1/s1. The van der Waals surface area contributed by atoms with Gasteiger partial charge in [-0.25, -0.2) is 4.79 Å². The number of urea groups is 1. The topological polar surface area (TPSA) is 67.0 Å². The molecule has 1 saturated heterocycles. The Morgan fingerprint density at radius 3 is 2.74 bits per heavy atom. The summed E-state index contributed by atoms with van der Waals surface area (Å²) >= 11 is 0. The molecular formula is C28H33N5O2. The highest BCUT2D eigenvalue weighted by Gasteiger charge is 2.46. The summed E-state index contributed by atoms with van der Waals surface area (Å²) in [4.78, 5) is 20.6. The number of carbonyl (C=O) groups is 1. The molecule has 0 radical (unpaired) electrons. The quantitative estimate of drug-likeness (QED) is 0.601. The maximum Gasteiger partial charge on any atom is 0.326 e. The highest BCUT2D eigenvalue weighted by Crippen LogP contribution is 2.53. The summed E-state index contributed by atoms with van der Waals surface area (Å²) in [5.74, 6) is 1.57. The molecule has 0 unspecified atom stereocenters. The van der Waals surface area contributed by atoms with E-state index in [2.05, 4.69) is 45.9 Å². The lowest BCUT2D eigenvalue weighted by Crippen LogP contribution is -2.53. The molecular weight excluding hydrogens is 438 g/mol. The van der Waals surface area contributed by atoms with Crippen molar-refractivity contribution in [2.24, 2.45) is 11.7 Å². The number of para-hydroxylation sites is 2. The molecule has 182 valence electrons. The van der Waals surface area contributed by atoms with E-state index in [4.69, 9.17) is 10.5 Å². The average Bonchev–Trinajstić information content (AvgIpc) is 3.38. The van der Waals surface area contributed by atoms with Crippen molar-refractivity contribution in [2.75, 3.05) is 36.0 Å². The van der Waals surface area contributed by atoms with Crippen LogP contribution in [0.25, 0.3) is 10.9 Å². The molecule has 4 aliphatic rings. The minimum Gasteiger partial charge on any atom is -0.489 e. The molecule has 0 spiro atoms. The first kappa shape index (κ1) is 21.1. The second-order valence-corrected chi connectivity index (χ2v) is 10.6. The van der Waals surface area contributed by atoms with Gasteiger partial charge in [0, 0.05) is 36.6 Å². The minimum absolute atomic E-state index is 0.0414. The molecule has 4 heterocycles. The summed E-state index contributed by atoms with van der Waals surface area (Å²) in [6, 6.07) is 17.1. The predicted molar refractivity (Wildman–Crippen MR) is 138 cm³/mol. The van der Waals surface area contributed by atoms with Gasteiger partial charge in [0.2, 0.25) is 0 Å². The lowest BCUT2D eigenvalue weighted by molar-refractivity contribution is 0.184. The van der Waals surface area contributed by atoms with Crippen molar-refractivity contribution in [2.45, 2.75) is 50.9 Å². The van der Waals surface area contributed by atoms with Crippen LogP contribution in [0.4, 0.5) is 16.2 Å². The Morgan fingerprint density at radius 2 is 1.91 bits per heavy atom. The van der Waals surface area contributed by atoms with E-state index in [1.165, 1.54) is 35.9 Å². The van der Waals surface area contributed by atoms with Crippen LogP contribution in [-0.4, -0.2) is 47.8 Å². The molecule has 7 rings (SSSR count). The van der Waals surface area contributed by atoms with Crippen LogP contribution in [0, 0.1) is 5.92 Å². The van der Waals surface area contributed by atoms with Crippen molar-refractivity contribution in [3.8, 4) is 5.75 Å². The minimum atomic E-state index is -0.201. The first-order valence-corrected chi connectivity index (χ1v) is 13.1. The van der Waals surface area contributed by atoms with Crippen LogP contribution in [0.2, 0.25) is 0 Å². The highest BCUT2D eigenvalue weighted by molar-refractivity contribution is 6.02. The smallest absolute Gasteiger partial charge is 0.326 e. The van der Waals surface area contributed by atoms with Crippen LogP contribution in [0.1, 0.15) is 44.0 Å². The zero-order valence-corrected chi connectivity index (χ0v) is 20.1. The zero-order valence-electron chi connectivity index (χ0n) is 20.1. The van der Waals surface area contributed by atoms with Crippen LogP contribution in [0.3, 0.4) is 0 Å². The summed E-state index contributed by atoms with van der Waals surface area (Å²) < 4.78 is 8.54. The lowest BCUT2D eigenvalue weighted by atomic mass is 9.85. The molecule has 1 saturated carbocycles. The maximum absolute atomic E-state index is 14.2. The molecule has 2 aromatic carbocycles. The van der Waals surface area contributed by atoms with Crippen molar-refractivity contribution in [3.63, 3.8) is 0 Å². The van der Waals surface area contributed by atoms with Gasteiger partial charge in [0.05, 0.1) is 17.9 Å². The first-order valence-electron chi connectivity index (χ1n) is 13.1. The van der Waals surface area contributed by atoms with Gasteiger partial charge in [-0.2, -0.15) is 0 Å². The number of amides is 2.